The van der Waals surface area contributed by atoms with E-state index >= 15 is 0 Å². The highest BCUT2D eigenvalue weighted by molar-refractivity contribution is 5.74. The first-order valence-corrected chi connectivity index (χ1v) is 8.88. The minimum atomic E-state index is 0.114. The Kier molecular flexibility index (Phi) is 4.90. The van der Waals surface area contributed by atoms with Crippen LogP contribution in [0.4, 0.5) is 4.79 Å². The molecule has 4 heteroatoms. The van der Waals surface area contributed by atoms with Gasteiger partial charge in [0.2, 0.25) is 0 Å². The molecule has 0 radical (unpaired) electrons. The van der Waals surface area contributed by atoms with Crippen LogP contribution >= 0.6 is 0 Å². The summed E-state index contributed by atoms with van der Waals surface area (Å²) in [5, 5.41) is 3.02. The van der Waals surface area contributed by atoms with Crippen molar-refractivity contribution >= 4 is 6.03 Å². The van der Waals surface area contributed by atoms with Gasteiger partial charge in [0.1, 0.15) is 0 Å². The Hall–Kier alpha value is -1.55. The molecule has 2 heterocycles. The minimum Gasteiger partial charge on any atom is -0.336 e. The zero-order valence-corrected chi connectivity index (χ0v) is 14.4. The molecule has 0 saturated carbocycles. The number of hydrogen-bond donors (Lipinski definition) is 1. The Morgan fingerprint density at radius 1 is 1.13 bits per heavy atom. The van der Waals surface area contributed by atoms with Crippen molar-refractivity contribution in [1.29, 1.82) is 0 Å². The van der Waals surface area contributed by atoms with Crippen molar-refractivity contribution in [1.82, 2.24) is 15.1 Å². The molecule has 2 fully saturated rings. The molecule has 2 aliphatic rings. The lowest BCUT2D eigenvalue weighted by Gasteiger charge is -2.39. The Morgan fingerprint density at radius 3 is 2.43 bits per heavy atom. The SMILES string of the molecule is CC(C)NC(=O)N1CCC2(CCN(Cc3ccccc3)CC2)C1. The summed E-state index contributed by atoms with van der Waals surface area (Å²) < 4.78 is 0. The molecule has 0 unspecified atom stereocenters. The number of carbonyl (C=O) groups is 1. The van der Waals surface area contributed by atoms with Gasteiger partial charge in [-0.05, 0) is 57.2 Å². The van der Waals surface area contributed by atoms with Crippen molar-refractivity contribution in [2.45, 2.75) is 45.7 Å². The second-order valence-electron chi connectivity index (χ2n) is 7.54. The predicted molar refractivity (Wildman–Crippen MR) is 93.2 cm³/mol. The number of amides is 2. The number of rotatable bonds is 3. The summed E-state index contributed by atoms with van der Waals surface area (Å²) in [6.45, 7) is 9.23. The van der Waals surface area contributed by atoms with Gasteiger partial charge in [0.05, 0.1) is 0 Å². The Bertz CT molecular complexity index is 521. The molecule has 2 amide bonds. The fraction of sp³-hybridized carbons (Fsp3) is 0.632. The predicted octanol–water partition coefficient (Wildman–Crippen LogP) is 3.09. The van der Waals surface area contributed by atoms with E-state index in [0.29, 0.717) is 5.41 Å². The molecule has 0 bridgehead atoms. The summed E-state index contributed by atoms with van der Waals surface area (Å²) in [4.78, 5) is 16.8. The lowest BCUT2D eigenvalue weighted by Crippen LogP contribution is -2.45. The monoisotopic (exact) mass is 315 g/mol. The van der Waals surface area contributed by atoms with Gasteiger partial charge >= 0.3 is 6.03 Å². The van der Waals surface area contributed by atoms with Crippen molar-refractivity contribution in [2.75, 3.05) is 26.2 Å². The van der Waals surface area contributed by atoms with Gasteiger partial charge in [-0.1, -0.05) is 30.3 Å². The number of likely N-dealkylation sites (tertiary alicyclic amines) is 2. The average molecular weight is 315 g/mol. The summed E-state index contributed by atoms with van der Waals surface area (Å²) in [5.41, 5.74) is 1.76. The molecule has 0 aliphatic carbocycles. The molecular formula is C19H29N3O. The molecular weight excluding hydrogens is 286 g/mol. The highest BCUT2D eigenvalue weighted by Crippen LogP contribution is 2.40. The van der Waals surface area contributed by atoms with Crippen LogP contribution < -0.4 is 5.32 Å². The lowest BCUT2D eigenvalue weighted by molar-refractivity contribution is 0.105. The third-order valence-electron chi connectivity index (χ3n) is 5.30. The quantitative estimate of drug-likeness (QED) is 0.930. The van der Waals surface area contributed by atoms with Crippen molar-refractivity contribution in [3.05, 3.63) is 35.9 Å². The molecule has 0 aromatic heterocycles. The zero-order valence-electron chi connectivity index (χ0n) is 14.4. The Balaban J connectivity index is 1.50. The maximum Gasteiger partial charge on any atom is 0.317 e. The first-order chi connectivity index (χ1) is 11.1. The fourth-order valence-electron chi connectivity index (χ4n) is 3.88. The van der Waals surface area contributed by atoms with E-state index in [9.17, 15) is 4.79 Å². The van der Waals surface area contributed by atoms with Crippen LogP contribution in [0.1, 0.15) is 38.7 Å². The van der Waals surface area contributed by atoms with Gasteiger partial charge in [0, 0.05) is 25.7 Å². The smallest absolute Gasteiger partial charge is 0.317 e. The van der Waals surface area contributed by atoms with Crippen LogP contribution in [0.15, 0.2) is 30.3 Å². The summed E-state index contributed by atoms with van der Waals surface area (Å²) in [6, 6.07) is 11.0. The molecule has 4 nitrogen and oxygen atoms in total. The maximum absolute atomic E-state index is 12.2. The van der Waals surface area contributed by atoms with E-state index < -0.39 is 0 Å². The lowest BCUT2D eigenvalue weighted by atomic mass is 9.77. The van der Waals surface area contributed by atoms with Gasteiger partial charge in [-0.15, -0.1) is 0 Å². The van der Waals surface area contributed by atoms with Crippen molar-refractivity contribution in [2.24, 2.45) is 5.41 Å². The fourth-order valence-corrected chi connectivity index (χ4v) is 3.88. The third-order valence-corrected chi connectivity index (χ3v) is 5.30. The van der Waals surface area contributed by atoms with E-state index in [2.05, 4.69) is 40.5 Å². The topological polar surface area (TPSA) is 35.6 Å². The molecule has 2 saturated heterocycles. The summed E-state index contributed by atoms with van der Waals surface area (Å²) >= 11 is 0. The van der Waals surface area contributed by atoms with Crippen LogP contribution in [0.25, 0.3) is 0 Å². The second kappa shape index (κ2) is 6.91. The van der Waals surface area contributed by atoms with E-state index in [4.69, 9.17) is 0 Å². The largest absolute Gasteiger partial charge is 0.336 e. The second-order valence-corrected chi connectivity index (χ2v) is 7.54. The summed E-state index contributed by atoms with van der Waals surface area (Å²) in [7, 11) is 0. The van der Waals surface area contributed by atoms with Crippen LogP contribution in [0.2, 0.25) is 0 Å². The Morgan fingerprint density at radius 2 is 1.78 bits per heavy atom. The molecule has 1 N–H and O–H groups in total. The number of nitrogens with zero attached hydrogens (tertiary/aromatic N) is 2. The molecule has 23 heavy (non-hydrogen) atoms. The van der Waals surface area contributed by atoms with Crippen LogP contribution in [-0.4, -0.2) is 48.1 Å². The van der Waals surface area contributed by atoms with E-state index in [1.165, 1.54) is 18.4 Å². The number of benzene rings is 1. The highest BCUT2D eigenvalue weighted by atomic mass is 16.2. The number of nitrogens with one attached hydrogen (secondary N) is 1. The highest BCUT2D eigenvalue weighted by Gasteiger charge is 2.41. The van der Waals surface area contributed by atoms with Crippen LogP contribution in [0, 0.1) is 5.41 Å². The number of carbonyl (C=O) groups excluding carboxylic acids is 1. The van der Waals surface area contributed by atoms with Gasteiger partial charge in [-0.2, -0.15) is 0 Å². The number of urea groups is 1. The maximum atomic E-state index is 12.2. The average Bonchev–Trinajstić information content (AvgIpc) is 2.95. The van der Waals surface area contributed by atoms with Gasteiger partial charge in [0.15, 0.2) is 0 Å². The van der Waals surface area contributed by atoms with Crippen LogP contribution in [0.3, 0.4) is 0 Å². The molecule has 3 rings (SSSR count). The van der Waals surface area contributed by atoms with Gasteiger partial charge in [-0.25, -0.2) is 4.79 Å². The minimum absolute atomic E-state index is 0.114. The van der Waals surface area contributed by atoms with Gasteiger partial charge in [-0.3, -0.25) is 4.90 Å². The molecule has 1 aromatic rings. The standard InChI is InChI=1S/C19H29N3O/c1-16(2)20-18(23)22-13-10-19(15-22)8-11-21(12-9-19)14-17-6-4-3-5-7-17/h3-7,16H,8-15H2,1-2H3,(H,20,23). The van der Waals surface area contributed by atoms with E-state index in [-0.39, 0.29) is 12.1 Å². The Labute approximate surface area is 139 Å². The summed E-state index contributed by atoms with van der Waals surface area (Å²) in [6.07, 6.45) is 3.59. The van der Waals surface area contributed by atoms with Crippen molar-refractivity contribution in [3.8, 4) is 0 Å². The normalized spacial score (nSPS) is 21.1. The first-order valence-electron chi connectivity index (χ1n) is 8.88. The summed E-state index contributed by atoms with van der Waals surface area (Å²) in [5.74, 6) is 0. The third kappa shape index (κ3) is 4.05. The molecule has 0 atom stereocenters. The molecule has 126 valence electrons. The molecule has 1 spiro atoms. The first kappa shape index (κ1) is 16.3. The number of piperidine rings is 1. The van der Waals surface area contributed by atoms with Crippen LogP contribution in [0.5, 0.6) is 0 Å². The van der Waals surface area contributed by atoms with E-state index in [1.807, 2.05) is 18.7 Å². The van der Waals surface area contributed by atoms with Crippen LogP contribution in [-0.2, 0) is 6.54 Å². The van der Waals surface area contributed by atoms with Crippen molar-refractivity contribution in [3.63, 3.8) is 0 Å². The number of hydrogen-bond acceptors (Lipinski definition) is 2. The molecule has 1 aromatic carbocycles. The van der Waals surface area contributed by atoms with Crippen molar-refractivity contribution < 1.29 is 4.79 Å². The molecule has 2 aliphatic heterocycles. The van der Waals surface area contributed by atoms with E-state index in [0.717, 1.165) is 39.1 Å². The van der Waals surface area contributed by atoms with E-state index in [1.54, 1.807) is 0 Å². The van der Waals surface area contributed by atoms with Gasteiger partial charge in [0.25, 0.3) is 0 Å². The van der Waals surface area contributed by atoms with Gasteiger partial charge < -0.3 is 10.2 Å². The zero-order chi connectivity index (χ0) is 16.3.